The second-order valence-electron chi connectivity index (χ2n) is 8.79. The standard InChI is InChI=1S/C29H20ClN5O2/c1-16-23-24(17-8-4-2-5-9-17)21(15-31)27(32)37-29(23)35(34-16)28(36)26-25(18-10-6-3-7-11-18)20-14-19(30)12-13-22(20)33-26/h2-14,24,33H,32H2,1H3. The molecule has 37 heavy (non-hydrogen) atoms. The van der Waals surface area contributed by atoms with Crippen molar-refractivity contribution in [2.75, 3.05) is 0 Å². The number of H-pyrrole nitrogens is 1. The lowest BCUT2D eigenvalue weighted by molar-refractivity contribution is 0.0930. The van der Waals surface area contributed by atoms with E-state index in [1.54, 1.807) is 13.0 Å². The van der Waals surface area contributed by atoms with E-state index in [2.05, 4.69) is 16.2 Å². The molecule has 1 aliphatic heterocycles. The van der Waals surface area contributed by atoms with Crippen LogP contribution in [0.25, 0.3) is 22.0 Å². The van der Waals surface area contributed by atoms with Gasteiger partial charge in [-0.15, -0.1) is 0 Å². The summed E-state index contributed by atoms with van der Waals surface area (Å²) in [5.41, 5.74) is 11.2. The third kappa shape index (κ3) is 3.58. The zero-order valence-corrected chi connectivity index (χ0v) is 20.5. The van der Waals surface area contributed by atoms with Gasteiger partial charge in [-0.25, -0.2) is 0 Å². The van der Waals surface area contributed by atoms with E-state index >= 15 is 0 Å². The highest BCUT2D eigenvalue weighted by atomic mass is 35.5. The van der Waals surface area contributed by atoms with Gasteiger partial charge in [0.1, 0.15) is 17.3 Å². The first-order chi connectivity index (χ1) is 18.0. The Morgan fingerprint density at radius 1 is 1.11 bits per heavy atom. The fourth-order valence-electron chi connectivity index (χ4n) is 4.97. The number of hydrogen-bond donors (Lipinski definition) is 2. The average molecular weight is 506 g/mol. The van der Waals surface area contributed by atoms with Crippen molar-refractivity contribution in [3.05, 3.63) is 118 Å². The SMILES string of the molecule is Cc1nn(C(=O)c2[nH]c3ccc(Cl)cc3c2-c2ccccc2)c2c1C(c1ccccc1)C(C#N)=C(N)O2. The summed E-state index contributed by atoms with van der Waals surface area (Å²) >= 11 is 6.32. The van der Waals surface area contributed by atoms with Gasteiger partial charge in [-0.2, -0.15) is 15.0 Å². The summed E-state index contributed by atoms with van der Waals surface area (Å²) in [5.74, 6) is -0.782. The Labute approximate surface area is 217 Å². The molecule has 0 bridgehead atoms. The largest absolute Gasteiger partial charge is 0.422 e. The molecular weight excluding hydrogens is 486 g/mol. The summed E-state index contributed by atoms with van der Waals surface area (Å²) in [4.78, 5) is 17.4. The lowest BCUT2D eigenvalue weighted by Gasteiger charge is -2.24. The number of halogens is 1. The maximum absolute atomic E-state index is 14.1. The fourth-order valence-corrected chi connectivity index (χ4v) is 5.14. The molecule has 0 amide bonds. The third-order valence-corrected chi connectivity index (χ3v) is 6.83. The van der Waals surface area contributed by atoms with Crippen LogP contribution in [0.5, 0.6) is 5.88 Å². The second-order valence-corrected chi connectivity index (χ2v) is 9.22. The van der Waals surface area contributed by atoms with Gasteiger partial charge in [0.05, 0.1) is 17.2 Å². The highest BCUT2D eigenvalue weighted by molar-refractivity contribution is 6.31. The molecule has 0 aliphatic carbocycles. The van der Waals surface area contributed by atoms with Crippen molar-refractivity contribution in [2.24, 2.45) is 5.73 Å². The van der Waals surface area contributed by atoms with Gasteiger partial charge >= 0.3 is 0 Å². The lowest BCUT2D eigenvalue weighted by atomic mass is 9.84. The van der Waals surface area contributed by atoms with Gasteiger partial charge < -0.3 is 15.5 Å². The van der Waals surface area contributed by atoms with Gasteiger partial charge in [0.15, 0.2) is 0 Å². The van der Waals surface area contributed by atoms with Crippen LogP contribution in [0.4, 0.5) is 0 Å². The van der Waals surface area contributed by atoms with Crippen LogP contribution in [0, 0.1) is 18.3 Å². The summed E-state index contributed by atoms with van der Waals surface area (Å²) in [7, 11) is 0. The second kappa shape index (κ2) is 8.70. The minimum Gasteiger partial charge on any atom is -0.422 e. The number of benzene rings is 3. The van der Waals surface area contributed by atoms with Crippen LogP contribution in [-0.2, 0) is 0 Å². The van der Waals surface area contributed by atoms with E-state index < -0.39 is 11.8 Å². The first-order valence-electron chi connectivity index (χ1n) is 11.6. The zero-order chi connectivity index (χ0) is 25.7. The minimum atomic E-state index is -0.508. The molecule has 1 atom stereocenters. The lowest BCUT2D eigenvalue weighted by Crippen LogP contribution is -2.24. The van der Waals surface area contributed by atoms with E-state index in [0.717, 1.165) is 22.0 Å². The number of ether oxygens (including phenoxy) is 1. The molecule has 6 rings (SSSR count). The molecule has 3 heterocycles. The Bertz CT molecular complexity index is 1760. The molecule has 0 saturated heterocycles. The molecule has 0 saturated carbocycles. The van der Waals surface area contributed by atoms with Crippen molar-refractivity contribution in [2.45, 2.75) is 12.8 Å². The van der Waals surface area contributed by atoms with Crippen LogP contribution in [-0.4, -0.2) is 20.7 Å². The van der Waals surface area contributed by atoms with Gasteiger partial charge in [-0.05, 0) is 36.2 Å². The van der Waals surface area contributed by atoms with E-state index in [-0.39, 0.29) is 17.3 Å². The number of nitrogens with one attached hydrogen (secondary N) is 1. The molecule has 0 fully saturated rings. The molecule has 7 nitrogen and oxygen atoms in total. The predicted octanol–water partition coefficient (Wildman–Crippen LogP) is 5.90. The normalized spacial score (nSPS) is 14.8. The number of carbonyl (C=O) groups excluding carboxylic acids is 1. The number of allylic oxidation sites excluding steroid dienone is 1. The molecule has 8 heteroatoms. The predicted molar refractivity (Wildman–Crippen MR) is 141 cm³/mol. The number of nitrogens with two attached hydrogens (primary N) is 1. The number of nitriles is 1. The van der Waals surface area contributed by atoms with Crippen LogP contribution in [0.1, 0.15) is 33.2 Å². The fraction of sp³-hybridized carbons (Fsp3) is 0.0690. The molecule has 3 N–H and O–H groups in total. The molecule has 0 radical (unpaired) electrons. The van der Waals surface area contributed by atoms with Gasteiger partial charge in [0, 0.05) is 21.5 Å². The Balaban J connectivity index is 1.57. The number of carbonyl (C=O) groups is 1. The molecule has 1 unspecified atom stereocenters. The van der Waals surface area contributed by atoms with E-state index in [9.17, 15) is 10.1 Å². The smallest absolute Gasteiger partial charge is 0.298 e. The molecule has 2 aromatic heterocycles. The van der Waals surface area contributed by atoms with E-state index in [0.29, 0.717) is 27.5 Å². The van der Waals surface area contributed by atoms with Crippen LogP contribution >= 0.6 is 11.6 Å². The van der Waals surface area contributed by atoms with Gasteiger partial charge in [-0.3, -0.25) is 4.79 Å². The highest BCUT2D eigenvalue weighted by Crippen LogP contribution is 2.44. The summed E-state index contributed by atoms with van der Waals surface area (Å²) in [6, 6.07) is 26.7. The maximum atomic E-state index is 14.1. The zero-order valence-electron chi connectivity index (χ0n) is 19.7. The number of aromatic nitrogens is 3. The van der Waals surface area contributed by atoms with Crippen molar-refractivity contribution >= 4 is 28.4 Å². The first-order valence-corrected chi connectivity index (χ1v) is 12.0. The first kappa shape index (κ1) is 22.7. The van der Waals surface area contributed by atoms with Crippen molar-refractivity contribution in [3.8, 4) is 23.1 Å². The molecule has 3 aromatic carbocycles. The monoisotopic (exact) mass is 505 g/mol. The molecule has 0 spiro atoms. The van der Waals surface area contributed by atoms with Crippen LogP contribution in [0.2, 0.25) is 5.02 Å². The molecule has 180 valence electrons. The number of hydrogen-bond acceptors (Lipinski definition) is 5. The highest BCUT2D eigenvalue weighted by Gasteiger charge is 2.37. The summed E-state index contributed by atoms with van der Waals surface area (Å²) in [5, 5.41) is 15.8. The van der Waals surface area contributed by atoms with Crippen LogP contribution in [0.15, 0.2) is 90.3 Å². The topological polar surface area (TPSA) is 110 Å². The third-order valence-electron chi connectivity index (χ3n) is 6.59. The van der Waals surface area contributed by atoms with Crippen molar-refractivity contribution in [3.63, 3.8) is 0 Å². The number of rotatable bonds is 3. The van der Waals surface area contributed by atoms with Crippen molar-refractivity contribution < 1.29 is 9.53 Å². The van der Waals surface area contributed by atoms with E-state index in [1.807, 2.05) is 72.8 Å². The Morgan fingerprint density at radius 3 is 2.51 bits per heavy atom. The number of fused-ring (bicyclic) bond motifs is 2. The van der Waals surface area contributed by atoms with Gasteiger partial charge in [0.2, 0.25) is 11.8 Å². The number of aryl methyl sites for hydroxylation is 1. The Kier molecular flexibility index (Phi) is 5.32. The van der Waals surface area contributed by atoms with E-state index in [1.165, 1.54) is 4.68 Å². The van der Waals surface area contributed by atoms with E-state index in [4.69, 9.17) is 22.1 Å². The quantitative estimate of drug-likeness (QED) is 0.317. The summed E-state index contributed by atoms with van der Waals surface area (Å²) in [6.45, 7) is 1.79. The Morgan fingerprint density at radius 2 is 1.81 bits per heavy atom. The summed E-state index contributed by atoms with van der Waals surface area (Å²) in [6.07, 6.45) is 0. The molecule has 1 aliphatic rings. The summed E-state index contributed by atoms with van der Waals surface area (Å²) < 4.78 is 7.12. The van der Waals surface area contributed by atoms with Crippen LogP contribution in [0.3, 0.4) is 0 Å². The van der Waals surface area contributed by atoms with Gasteiger partial charge in [-0.1, -0.05) is 72.3 Å². The average Bonchev–Trinajstić information content (AvgIpc) is 3.45. The maximum Gasteiger partial charge on any atom is 0.298 e. The van der Waals surface area contributed by atoms with Crippen molar-refractivity contribution in [1.82, 2.24) is 14.8 Å². The van der Waals surface area contributed by atoms with Crippen molar-refractivity contribution in [1.29, 1.82) is 5.26 Å². The minimum absolute atomic E-state index is 0.0514. The molecular formula is C29H20ClN5O2. The number of nitrogens with zero attached hydrogens (tertiary/aromatic N) is 3. The Hall–Kier alpha value is -4.80. The van der Waals surface area contributed by atoms with Crippen LogP contribution < -0.4 is 10.5 Å². The van der Waals surface area contributed by atoms with Gasteiger partial charge in [0.25, 0.3) is 5.91 Å². The molecule has 5 aromatic rings. The number of aromatic amines is 1.